The fraction of sp³-hybridized carbons (Fsp3) is 0.200. The van der Waals surface area contributed by atoms with Crippen molar-refractivity contribution in [3.05, 3.63) is 72.1 Å². The van der Waals surface area contributed by atoms with Crippen molar-refractivity contribution >= 4 is 23.1 Å². The Balaban J connectivity index is 1.58. The van der Waals surface area contributed by atoms with Crippen molar-refractivity contribution < 1.29 is 18.7 Å². The molecule has 2 atom stereocenters. The van der Waals surface area contributed by atoms with Crippen LogP contribution in [-0.2, 0) is 0 Å². The summed E-state index contributed by atoms with van der Waals surface area (Å²) in [6.45, 7) is 2.35. The van der Waals surface area contributed by atoms with Gasteiger partial charge in [-0.05, 0) is 55.0 Å². The van der Waals surface area contributed by atoms with Crippen molar-refractivity contribution in [3.8, 4) is 11.5 Å². The summed E-state index contributed by atoms with van der Waals surface area (Å²) in [4.78, 5) is 9.22. The van der Waals surface area contributed by atoms with Crippen molar-refractivity contribution in [1.82, 2.24) is 0 Å². The molecule has 3 aromatic rings. The molecule has 138 valence electrons. The van der Waals surface area contributed by atoms with Gasteiger partial charge in [0.05, 0.1) is 19.1 Å². The number of rotatable bonds is 5. The molecule has 2 aromatic heterocycles. The van der Waals surface area contributed by atoms with Crippen LogP contribution in [0.25, 0.3) is 0 Å². The van der Waals surface area contributed by atoms with Crippen molar-refractivity contribution in [2.75, 3.05) is 6.61 Å². The molecule has 0 bridgehead atoms. The summed E-state index contributed by atoms with van der Waals surface area (Å²) < 4.78 is 16.5. The van der Waals surface area contributed by atoms with Crippen LogP contribution in [0.2, 0.25) is 0 Å². The van der Waals surface area contributed by atoms with Crippen LogP contribution < -0.4 is 4.74 Å². The zero-order chi connectivity index (χ0) is 18.6. The molecular formula is C20H18N2O4S. The van der Waals surface area contributed by atoms with Crippen molar-refractivity contribution in [2.24, 2.45) is 9.98 Å². The second-order valence-corrected chi connectivity index (χ2v) is 6.95. The predicted octanol–water partition coefficient (Wildman–Crippen LogP) is 4.98. The first-order valence-electron chi connectivity index (χ1n) is 8.55. The number of hydrogen-bond donors (Lipinski definition) is 1. The first kappa shape index (κ1) is 17.5. The summed E-state index contributed by atoms with van der Waals surface area (Å²) >= 11 is 1.53. The van der Waals surface area contributed by atoms with Crippen molar-refractivity contribution in [3.63, 3.8) is 0 Å². The van der Waals surface area contributed by atoms with Gasteiger partial charge in [0.15, 0.2) is 16.7 Å². The number of phenols is 1. The molecule has 1 N–H and O–H groups in total. The lowest BCUT2D eigenvalue weighted by Gasteiger charge is -2.11. The van der Waals surface area contributed by atoms with Gasteiger partial charge in [-0.3, -0.25) is 0 Å². The second kappa shape index (κ2) is 7.75. The quantitative estimate of drug-likeness (QED) is 0.629. The lowest BCUT2D eigenvalue weighted by Crippen LogP contribution is -1.99. The Morgan fingerprint density at radius 2 is 1.96 bits per heavy atom. The minimum absolute atomic E-state index is 0.0305. The van der Waals surface area contributed by atoms with E-state index in [9.17, 15) is 5.11 Å². The summed E-state index contributed by atoms with van der Waals surface area (Å²) in [5.41, 5.74) is 0.815. The molecule has 0 fully saturated rings. The summed E-state index contributed by atoms with van der Waals surface area (Å²) in [7, 11) is 0. The van der Waals surface area contributed by atoms with Gasteiger partial charge in [0, 0.05) is 6.21 Å². The number of furan rings is 2. The molecule has 1 aromatic carbocycles. The second-order valence-electron chi connectivity index (χ2n) is 5.84. The molecule has 3 heterocycles. The van der Waals surface area contributed by atoms with Gasteiger partial charge in [0.2, 0.25) is 0 Å². The third-order valence-corrected chi connectivity index (χ3v) is 5.20. The van der Waals surface area contributed by atoms with Gasteiger partial charge in [-0.25, -0.2) is 9.98 Å². The third-order valence-electron chi connectivity index (χ3n) is 4.03. The molecule has 27 heavy (non-hydrogen) atoms. The molecule has 0 radical (unpaired) electrons. The average molecular weight is 382 g/mol. The Bertz CT molecular complexity index is 949. The summed E-state index contributed by atoms with van der Waals surface area (Å²) in [6.07, 6.45) is 5.00. The minimum Gasteiger partial charge on any atom is -0.504 e. The molecule has 0 spiro atoms. The van der Waals surface area contributed by atoms with Gasteiger partial charge in [-0.1, -0.05) is 11.8 Å². The van der Waals surface area contributed by atoms with Gasteiger partial charge in [-0.15, -0.1) is 0 Å². The lowest BCUT2D eigenvalue weighted by molar-refractivity contribution is 0.318. The van der Waals surface area contributed by atoms with E-state index in [4.69, 9.17) is 18.6 Å². The topological polar surface area (TPSA) is 80.5 Å². The highest BCUT2D eigenvalue weighted by molar-refractivity contribution is 8.14. The molecule has 0 amide bonds. The van der Waals surface area contributed by atoms with E-state index < -0.39 is 0 Å². The van der Waals surface area contributed by atoms with Gasteiger partial charge < -0.3 is 18.7 Å². The van der Waals surface area contributed by atoms with Crippen LogP contribution in [0.1, 0.15) is 35.3 Å². The van der Waals surface area contributed by atoms with Crippen LogP contribution in [0.5, 0.6) is 11.5 Å². The number of phenolic OH excluding ortho intramolecular Hbond substituents is 1. The zero-order valence-electron chi connectivity index (χ0n) is 14.6. The number of ether oxygens (including phenoxy) is 1. The molecule has 1 aliphatic heterocycles. The highest BCUT2D eigenvalue weighted by atomic mass is 32.2. The van der Waals surface area contributed by atoms with Gasteiger partial charge in [0.1, 0.15) is 22.8 Å². The summed E-state index contributed by atoms with van der Waals surface area (Å²) in [6, 6.07) is 12.5. The lowest BCUT2D eigenvalue weighted by atomic mass is 10.1. The standard InChI is InChI=1S/C20H18N2O4S/c1-2-24-17-11-13(7-8-14(17)23)12-21-20-22-18(15-5-3-9-25-15)19(27-20)16-6-4-10-26-16/h3-12,18-19,23H,2H2,1H3/t18-,19+/m1/s1. The Morgan fingerprint density at radius 3 is 2.67 bits per heavy atom. The van der Waals surface area contributed by atoms with Crippen LogP contribution in [0.3, 0.4) is 0 Å². The van der Waals surface area contributed by atoms with Crippen LogP contribution in [0, 0.1) is 0 Å². The number of amidine groups is 1. The molecule has 7 heteroatoms. The van der Waals surface area contributed by atoms with Crippen LogP contribution in [0.15, 0.2) is 73.8 Å². The summed E-state index contributed by atoms with van der Waals surface area (Å²) in [5, 5.41) is 10.4. The van der Waals surface area contributed by atoms with E-state index in [1.54, 1.807) is 36.9 Å². The van der Waals surface area contributed by atoms with Crippen LogP contribution in [-0.4, -0.2) is 23.1 Å². The molecule has 4 rings (SSSR count). The minimum atomic E-state index is -0.192. The highest BCUT2D eigenvalue weighted by Gasteiger charge is 2.36. The molecule has 1 aliphatic rings. The fourth-order valence-electron chi connectivity index (χ4n) is 2.81. The van der Waals surface area contributed by atoms with E-state index >= 15 is 0 Å². The maximum absolute atomic E-state index is 9.81. The average Bonchev–Trinajstić information content (AvgIpc) is 3.42. The van der Waals surface area contributed by atoms with Gasteiger partial charge >= 0.3 is 0 Å². The van der Waals surface area contributed by atoms with E-state index in [0.29, 0.717) is 17.5 Å². The van der Waals surface area contributed by atoms with Crippen LogP contribution >= 0.6 is 11.8 Å². The molecular weight excluding hydrogens is 364 g/mol. The molecule has 0 unspecified atom stereocenters. The molecule has 0 saturated heterocycles. The normalized spacial score (nSPS) is 19.5. The fourth-order valence-corrected chi connectivity index (χ4v) is 3.90. The first-order valence-corrected chi connectivity index (χ1v) is 9.43. The maximum Gasteiger partial charge on any atom is 0.184 e. The van der Waals surface area contributed by atoms with E-state index in [2.05, 4.69) is 4.99 Å². The Morgan fingerprint density at radius 1 is 1.19 bits per heavy atom. The number of thioether (sulfide) groups is 1. The monoisotopic (exact) mass is 382 g/mol. The number of hydrogen-bond acceptors (Lipinski definition) is 7. The SMILES string of the molecule is CCOc1cc(C=NC2=N[C@H](c3ccco3)[C@H](c3ccco3)S2)ccc1O. The first-order chi connectivity index (χ1) is 13.2. The van der Waals surface area contributed by atoms with Crippen molar-refractivity contribution in [1.29, 1.82) is 0 Å². The van der Waals surface area contributed by atoms with Crippen molar-refractivity contribution in [2.45, 2.75) is 18.2 Å². The Hall–Kier alpha value is -2.93. The van der Waals surface area contributed by atoms with Gasteiger partial charge in [0.25, 0.3) is 0 Å². The molecule has 6 nitrogen and oxygen atoms in total. The molecule has 0 aliphatic carbocycles. The number of aromatic hydroxyl groups is 1. The maximum atomic E-state index is 9.81. The van der Waals surface area contributed by atoms with E-state index in [1.165, 1.54) is 11.8 Å². The third kappa shape index (κ3) is 3.78. The van der Waals surface area contributed by atoms with Crippen LogP contribution in [0.4, 0.5) is 0 Å². The smallest absolute Gasteiger partial charge is 0.184 e. The van der Waals surface area contributed by atoms with E-state index in [0.717, 1.165) is 17.1 Å². The summed E-state index contributed by atoms with van der Waals surface area (Å²) in [5.74, 6) is 2.15. The van der Waals surface area contributed by atoms with Gasteiger partial charge in [-0.2, -0.15) is 0 Å². The Labute approximate surface area is 160 Å². The molecule has 0 saturated carbocycles. The predicted molar refractivity (Wildman–Crippen MR) is 105 cm³/mol. The highest BCUT2D eigenvalue weighted by Crippen LogP contribution is 2.48. The largest absolute Gasteiger partial charge is 0.504 e. The van der Waals surface area contributed by atoms with E-state index in [-0.39, 0.29) is 17.0 Å². The number of benzene rings is 1. The van der Waals surface area contributed by atoms with E-state index in [1.807, 2.05) is 31.2 Å². The number of aliphatic imine (C=N–C) groups is 2. The number of nitrogens with zero attached hydrogens (tertiary/aromatic N) is 2. The Kier molecular flexibility index (Phi) is 5.02. The zero-order valence-corrected chi connectivity index (χ0v) is 15.4.